The van der Waals surface area contributed by atoms with E-state index >= 15 is 0 Å². The summed E-state index contributed by atoms with van der Waals surface area (Å²) in [6, 6.07) is 11.4. The highest BCUT2D eigenvalue weighted by molar-refractivity contribution is 5.98. The molecule has 9 nitrogen and oxygen atoms in total. The molecule has 2 fully saturated rings. The van der Waals surface area contributed by atoms with E-state index in [0.29, 0.717) is 24.6 Å². The van der Waals surface area contributed by atoms with E-state index in [9.17, 15) is 9.59 Å². The van der Waals surface area contributed by atoms with Gasteiger partial charge in [0.15, 0.2) is 5.82 Å². The number of fused-ring (bicyclic) bond motifs is 2. The number of pyridine rings is 1. The van der Waals surface area contributed by atoms with E-state index in [1.165, 1.54) is 12.8 Å². The smallest absolute Gasteiger partial charge is 0.330 e. The molecule has 184 valence electrons. The van der Waals surface area contributed by atoms with Crippen LogP contribution in [-0.2, 0) is 23.1 Å². The third kappa shape index (κ3) is 4.05. The van der Waals surface area contributed by atoms with Crippen molar-refractivity contribution in [3.63, 3.8) is 0 Å². The molecule has 1 aromatic carbocycles. The van der Waals surface area contributed by atoms with Gasteiger partial charge in [-0.15, -0.1) is 0 Å². The van der Waals surface area contributed by atoms with Crippen molar-refractivity contribution in [3.05, 3.63) is 60.8 Å². The van der Waals surface area contributed by atoms with E-state index in [4.69, 9.17) is 9.72 Å². The second-order valence-electron chi connectivity index (χ2n) is 9.62. The van der Waals surface area contributed by atoms with E-state index in [1.54, 1.807) is 6.07 Å². The van der Waals surface area contributed by atoms with Crippen molar-refractivity contribution in [3.8, 4) is 11.5 Å². The number of aromatic nitrogens is 4. The fourth-order valence-electron chi connectivity index (χ4n) is 4.96. The molecule has 3 aromatic heterocycles. The van der Waals surface area contributed by atoms with Crippen LogP contribution in [0.4, 0.5) is 0 Å². The van der Waals surface area contributed by atoms with Gasteiger partial charge >= 0.3 is 5.97 Å². The maximum atomic E-state index is 13.1. The second-order valence-corrected chi connectivity index (χ2v) is 9.62. The molecule has 6 rings (SSSR count). The van der Waals surface area contributed by atoms with Crippen molar-refractivity contribution in [2.75, 3.05) is 13.1 Å². The average Bonchev–Trinajstić information content (AvgIpc) is 3.36. The number of amides is 1. The molecule has 0 bridgehead atoms. The van der Waals surface area contributed by atoms with Gasteiger partial charge in [0.25, 0.3) is 5.91 Å². The Labute approximate surface area is 208 Å². The quantitative estimate of drug-likeness (QED) is 0.309. The molecule has 9 heteroatoms. The number of hydrogen-bond acceptors (Lipinski definition) is 6. The molecule has 36 heavy (non-hydrogen) atoms. The zero-order valence-corrected chi connectivity index (χ0v) is 20.1. The molecule has 1 aliphatic heterocycles. The van der Waals surface area contributed by atoms with E-state index < -0.39 is 12.1 Å². The summed E-state index contributed by atoms with van der Waals surface area (Å²) in [7, 11) is 2.00. The second kappa shape index (κ2) is 8.91. The Morgan fingerprint density at radius 1 is 1.25 bits per heavy atom. The number of nitrogens with one attached hydrogen (secondary N) is 2. The first-order valence-electron chi connectivity index (χ1n) is 12.3. The number of carbonyl (C=O) groups is 2. The van der Waals surface area contributed by atoms with E-state index in [0.717, 1.165) is 46.2 Å². The van der Waals surface area contributed by atoms with E-state index in [-0.39, 0.29) is 11.9 Å². The number of rotatable bonds is 7. The lowest BCUT2D eigenvalue weighted by molar-refractivity contribution is -0.142. The van der Waals surface area contributed by atoms with Crippen LogP contribution in [0.25, 0.3) is 33.6 Å². The molecule has 1 aliphatic carbocycles. The lowest BCUT2D eigenvalue weighted by Crippen LogP contribution is -2.44. The molecule has 2 atom stereocenters. The van der Waals surface area contributed by atoms with Gasteiger partial charge in [-0.2, -0.15) is 0 Å². The number of esters is 1. The number of imidazole rings is 1. The Morgan fingerprint density at radius 2 is 2.11 bits per heavy atom. The van der Waals surface area contributed by atoms with E-state index in [1.807, 2.05) is 31.4 Å². The van der Waals surface area contributed by atoms with Crippen LogP contribution in [-0.4, -0.2) is 56.2 Å². The highest BCUT2D eigenvalue weighted by Crippen LogP contribution is 2.35. The van der Waals surface area contributed by atoms with Crippen LogP contribution in [0.2, 0.25) is 0 Å². The number of aryl methyl sites for hydroxylation is 1. The summed E-state index contributed by atoms with van der Waals surface area (Å²) >= 11 is 0. The minimum absolute atomic E-state index is 0.232. The molecule has 0 spiro atoms. The highest BCUT2D eigenvalue weighted by atomic mass is 16.5. The lowest BCUT2D eigenvalue weighted by atomic mass is 10.1. The summed E-state index contributed by atoms with van der Waals surface area (Å²) in [6.45, 7) is 5.37. The predicted molar refractivity (Wildman–Crippen MR) is 136 cm³/mol. The zero-order valence-electron chi connectivity index (χ0n) is 20.1. The van der Waals surface area contributed by atoms with Crippen molar-refractivity contribution in [2.45, 2.75) is 31.5 Å². The van der Waals surface area contributed by atoms with Crippen LogP contribution in [0.1, 0.15) is 23.2 Å². The fourth-order valence-corrected chi connectivity index (χ4v) is 4.96. The van der Waals surface area contributed by atoms with Crippen molar-refractivity contribution >= 4 is 33.9 Å². The summed E-state index contributed by atoms with van der Waals surface area (Å²) in [5, 5.41) is 7.23. The Hall–Kier alpha value is -3.98. The first kappa shape index (κ1) is 22.5. The highest BCUT2D eigenvalue weighted by Gasteiger charge is 2.31. The summed E-state index contributed by atoms with van der Waals surface area (Å²) in [4.78, 5) is 34.3. The first-order valence-corrected chi connectivity index (χ1v) is 12.3. The molecule has 0 radical (unpaired) electrons. The number of ether oxygens (including phenoxy) is 1. The third-order valence-electron chi connectivity index (χ3n) is 7.07. The van der Waals surface area contributed by atoms with Crippen LogP contribution >= 0.6 is 0 Å². The minimum Gasteiger partial charge on any atom is -0.456 e. The average molecular weight is 485 g/mol. The number of hydrogen-bond donors (Lipinski definition) is 2. The Morgan fingerprint density at radius 3 is 2.92 bits per heavy atom. The summed E-state index contributed by atoms with van der Waals surface area (Å²) < 4.78 is 9.71. The van der Waals surface area contributed by atoms with Gasteiger partial charge in [0.2, 0.25) is 0 Å². The molecule has 1 amide bonds. The van der Waals surface area contributed by atoms with E-state index in [2.05, 4.69) is 43.5 Å². The van der Waals surface area contributed by atoms with Gasteiger partial charge in [-0.3, -0.25) is 4.79 Å². The van der Waals surface area contributed by atoms with Gasteiger partial charge in [0, 0.05) is 49.9 Å². The van der Waals surface area contributed by atoms with Crippen LogP contribution in [0.15, 0.2) is 55.3 Å². The maximum Gasteiger partial charge on any atom is 0.330 e. The molecule has 2 unspecified atom stereocenters. The monoisotopic (exact) mass is 484 g/mol. The van der Waals surface area contributed by atoms with Gasteiger partial charge < -0.3 is 24.5 Å². The number of nitrogens with zero attached hydrogens (tertiary/aromatic N) is 4. The van der Waals surface area contributed by atoms with Gasteiger partial charge in [0.1, 0.15) is 11.8 Å². The van der Waals surface area contributed by atoms with Crippen LogP contribution in [0, 0.1) is 5.92 Å². The van der Waals surface area contributed by atoms with Gasteiger partial charge in [-0.25, -0.2) is 14.8 Å². The summed E-state index contributed by atoms with van der Waals surface area (Å²) in [5.74, 6) is 0.799. The van der Waals surface area contributed by atoms with Gasteiger partial charge in [-0.05, 0) is 55.2 Å². The molecule has 2 N–H and O–H groups in total. The molecule has 1 saturated heterocycles. The summed E-state index contributed by atoms with van der Waals surface area (Å²) in [5.41, 5.74) is 4.20. The lowest BCUT2D eigenvalue weighted by Gasteiger charge is -2.19. The largest absolute Gasteiger partial charge is 0.456 e. The molecule has 4 heterocycles. The number of carbonyl (C=O) groups excluding carboxylic acids is 2. The SMILES string of the molecule is C=CC(=O)OC1CNCC1NC(=O)c1ccc2c(c1)nc(-c1cc3cccnc3n1CC1CC1)n2C. The maximum absolute atomic E-state index is 13.1. The molecular formula is C27H28N6O3. The predicted octanol–water partition coefficient (Wildman–Crippen LogP) is 2.80. The van der Waals surface area contributed by atoms with Crippen LogP contribution in [0.3, 0.4) is 0 Å². The standard InChI is InChI=1S/C27H28N6O3/c1-3-24(34)36-23-14-28-13-20(23)31-27(35)18-8-9-21-19(11-18)30-26(32(21)2)22-12-17-5-4-10-29-25(17)33(22)15-16-6-7-16/h3-5,8-12,16,20,23,28H,1,6-7,13-15H2,2H3,(H,31,35). The topological polar surface area (TPSA) is 103 Å². The Bertz CT molecular complexity index is 1500. The first-order chi connectivity index (χ1) is 17.5. The van der Waals surface area contributed by atoms with Crippen molar-refractivity contribution in [1.29, 1.82) is 0 Å². The number of benzene rings is 1. The van der Waals surface area contributed by atoms with Crippen molar-refractivity contribution in [1.82, 2.24) is 29.7 Å². The van der Waals surface area contributed by atoms with Gasteiger partial charge in [0.05, 0.1) is 22.8 Å². The summed E-state index contributed by atoms with van der Waals surface area (Å²) in [6.07, 6.45) is 5.02. The van der Waals surface area contributed by atoms with Crippen molar-refractivity contribution in [2.24, 2.45) is 13.0 Å². The Balaban J connectivity index is 1.30. The molecule has 1 saturated carbocycles. The third-order valence-corrected chi connectivity index (χ3v) is 7.07. The Kier molecular flexibility index (Phi) is 5.56. The molecular weight excluding hydrogens is 456 g/mol. The fraction of sp³-hybridized carbons (Fsp3) is 0.333. The van der Waals surface area contributed by atoms with Gasteiger partial charge in [-0.1, -0.05) is 6.58 Å². The zero-order chi connectivity index (χ0) is 24.8. The molecule has 4 aromatic rings. The minimum atomic E-state index is -0.500. The van der Waals surface area contributed by atoms with Crippen LogP contribution in [0.5, 0.6) is 0 Å². The normalized spacial score (nSPS) is 19.6. The van der Waals surface area contributed by atoms with Crippen molar-refractivity contribution < 1.29 is 14.3 Å². The molecule has 2 aliphatic rings. The van der Waals surface area contributed by atoms with Crippen LogP contribution < -0.4 is 10.6 Å².